The normalized spacial score (nSPS) is 21.5. The van der Waals surface area contributed by atoms with Gasteiger partial charge in [0.05, 0.1) is 4.90 Å². The highest BCUT2D eigenvalue weighted by atomic mass is 32.3. The summed E-state index contributed by atoms with van der Waals surface area (Å²) < 4.78 is 24.0. The van der Waals surface area contributed by atoms with Crippen molar-refractivity contribution < 1.29 is 18.0 Å². The van der Waals surface area contributed by atoms with Crippen LogP contribution in [0, 0.1) is 19.3 Å². The van der Waals surface area contributed by atoms with Gasteiger partial charge in [-0.3, -0.25) is 14.9 Å². The van der Waals surface area contributed by atoms with Crippen molar-refractivity contribution in [2.24, 2.45) is 0 Å². The molecular weight excluding hydrogens is 322 g/mol. The largest absolute Gasteiger partial charge is 0.287 e. The van der Waals surface area contributed by atoms with Crippen molar-refractivity contribution in [3.63, 3.8) is 0 Å². The lowest BCUT2D eigenvalue weighted by Crippen LogP contribution is -2.43. The molecule has 1 aromatic rings. The van der Waals surface area contributed by atoms with Crippen molar-refractivity contribution in [2.75, 3.05) is 0 Å². The minimum Gasteiger partial charge on any atom is -0.285 e. The molecule has 7 heteroatoms. The van der Waals surface area contributed by atoms with Crippen LogP contribution in [0.25, 0.3) is 0 Å². The molecule has 116 valence electrons. The summed E-state index contributed by atoms with van der Waals surface area (Å²) in [6.45, 7) is 1.83. The van der Waals surface area contributed by atoms with Crippen molar-refractivity contribution in [3.8, 4) is 12.3 Å². The first-order valence-corrected chi connectivity index (χ1v) is 8.92. The number of benzene rings is 1. The number of hydrogen-bond acceptors (Lipinski definition) is 5. The molecule has 1 aliphatic rings. The van der Waals surface area contributed by atoms with E-state index in [9.17, 15) is 18.0 Å². The number of imide groups is 1. The van der Waals surface area contributed by atoms with Crippen molar-refractivity contribution >= 4 is 32.7 Å². The Hall–Kier alpha value is -1.78. The van der Waals surface area contributed by atoms with E-state index in [2.05, 4.69) is 11.2 Å². The van der Waals surface area contributed by atoms with Crippen LogP contribution in [0.4, 0.5) is 4.79 Å². The topological polar surface area (TPSA) is 80.3 Å². The van der Waals surface area contributed by atoms with Crippen LogP contribution < -0.4 is 5.32 Å². The van der Waals surface area contributed by atoms with Crippen molar-refractivity contribution in [3.05, 3.63) is 29.8 Å². The molecule has 0 radical (unpaired) electrons. The van der Waals surface area contributed by atoms with E-state index in [0.717, 1.165) is 5.56 Å². The Morgan fingerprint density at radius 1 is 1.27 bits per heavy atom. The van der Waals surface area contributed by atoms with Gasteiger partial charge in [0, 0.05) is 6.42 Å². The molecule has 1 fully saturated rings. The second-order valence-electron chi connectivity index (χ2n) is 4.97. The smallest absolute Gasteiger partial charge is 0.285 e. The molecule has 2 amide bonds. The van der Waals surface area contributed by atoms with E-state index < -0.39 is 25.1 Å². The van der Waals surface area contributed by atoms with Gasteiger partial charge in [-0.2, -0.15) is 0 Å². The minimum atomic E-state index is -4.02. The third-order valence-corrected chi connectivity index (χ3v) is 7.48. The fourth-order valence-corrected chi connectivity index (χ4v) is 5.59. The van der Waals surface area contributed by atoms with Crippen LogP contribution in [-0.2, 0) is 14.6 Å². The van der Waals surface area contributed by atoms with Crippen molar-refractivity contribution in [1.29, 1.82) is 0 Å². The molecule has 1 heterocycles. The van der Waals surface area contributed by atoms with Crippen molar-refractivity contribution in [2.45, 2.75) is 35.2 Å². The first kappa shape index (κ1) is 16.6. The van der Waals surface area contributed by atoms with E-state index in [1.165, 1.54) is 12.1 Å². The molecule has 1 unspecified atom stereocenters. The van der Waals surface area contributed by atoms with Crippen LogP contribution >= 0.6 is 11.8 Å². The molecule has 0 saturated carbocycles. The zero-order valence-electron chi connectivity index (χ0n) is 12.0. The van der Waals surface area contributed by atoms with Crippen molar-refractivity contribution in [1.82, 2.24) is 5.32 Å². The molecule has 5 nitrogen and oxygen atoms in total. The summed E-state index contributed by atoms with van der Waals surface area (Å²) in [6.07, 6.45) is 5.86. The number of carbonyl (C=O) groups is 2. The zero-order valence-corrected chi connectivity index (χ0v) is 13.6. The molecule has 1 saturated heterocycles. The number of terminal acetylenes is 1. The molecule has 0 aliphatic carbocycles. The van der Waals surface area contributed by atoms with Gasteiger partial charge >= 0.3 is 0 Å². The molecule has 0 spiro atoms. The predicted molar refractivity (Wildman–Crippen MR) is 84.9 cm³/mol. The van der Waals surface area contributed by atoms with Gasteiger partial charge in [0.2, 0.25) is 13.9 Å². The number of carbonyl (C=O) groups excluding carboxylic acids is 2. The summed E-state index contributed by atoms with van der Waals surface area (Å²) in [7, 11) is -4.02. The number of sulfone groups is 1. The van der Waals surface area contributed by atoms with Crippen LogP contribution in [0.15, 0.2) is 29.2 Å². The van der Waals surface area contributed by atoms with E-state index in [0.29, 0.717) is 24.6 Å². The van der Waals surface area contributed by atoms with Gasteiger partial charge in [0.15, 0.2) is 0 Å². The quantitative estimate of drug-likeness (QED) is 0.658. The van der Waals surface area contributed by atoms with Crippen LogP contribution in [-0.4, -0.2) is 23.6 Å². The fourth-order valence-electron chi connectivity index (χ4n) is 2.22. The first-order chi connectivity index (χ1) is 10.3. The molecule has 1 aliphatic heterocycles. The number of thioether (sulfide) groups is 1. The summed E-state index contributed by atoms with van der Waals surface area (Å²) in [5.41, 5.74) is 0.903. The van der Waals surface area contributed by atoms with Gasteiger partial charge in [-0.1, -0.05) is 17.7 Å². The molecule has 0 bridgehead atoms. The van der Waals surface area contributed by atoms with Gasteiger partial charge in [-0.15, -0.1) is 12.3 Å². The lowest BCUT2D eigenvalue weighted by molar-refractivity contribution is -0.120. The average Bonchev–Trinajstić information content (AvgIpc) is 2.75. The summed E-state index contributed by atoms with van der Waals surface area (Å²) >= 11 is 0.521. The highest BCUT2D eigenvalue weighted by Crippen LogP contribution is 2.44. The lowest BCUT2D eigenvalue weighted by atomic mass is 10.2. The summed E-state index contributed by atoms with van der Waals surface area (Å²) in [5.74, 6) is 1.62. The molecule has 1 atom stereocenters. The first-order valence-electron chi connectivity index (χ1n) is 6.63. The zero-order chi connectivity index (χ0) is 16.4. The molecular formula is C15H15NO4S2. The number of rotatable bonds is 5. The van der Waals surface area contributed by atoms with E-state index >= 15 is 0 Å². The van der Waals surface area contributed by atoms with Crippen LogP contribution in [0.3, 0.4) is 0 Å². The molecule has 2 rings (SSSR count). The number of hydrogen-bond donors (Lipinski definition) is 1. The van der Waals surface area contributed by atoms with E-state index in [4.69, 9.17) is 6.42 Å². The molecule has 0 aromatic heterocycles. The van der Waals surface area contributed by atoms with Gasteiger partial charge < -0.3 is 0 Å². The van der Waals surface area contributed by atoms with E-state index in [1.54, 1.807) is 12.1 Å². The number of aryl methyl sites for hydroxylation is 1. The molecule has 1 aromatic carbocycles. The number of amides is 2. The van der Waals surface area contributed by atoms with Crippen LogP contribution in [0.1, 0.15) is 24.8 Å². The molecule has 1 N–H and O–H groups in total. The summed E-state index contributed by atoms with van der Waals surface area (Å²) in [5, 5.41) is 1.42. The van der Waals surface area contributed by atoms with Crippen LogP contribution in [0.5, 0.6) is 0 Å². The highest BCUT2D eigenvalue weighted by molar-refractivity contribution is 8.25. The number of nitrogens with one attached hydrogen (secondary N) is 1. The Balaban J connectivity index is 2.49. The maximum absolute atomic E-state index is 12.9. The molecule has 22 heavy (non-hydrogen) atoms. The third kappa shape index (κ3) is 2.76. The predicted octanol–water partition coefficient (Wildman–Crippen LogP) is 2.25. The monoisotopic (exact) mass is 337 g/mol. The summed E-state index contributed by atoms with van der Waals surface area (Å²) in [6, 6.07) is 6.21. The second-order valence-corrected chi connectivity index (χ2v) is 8.68. The fraction of sp³-hybridized carbons (Fsp3) is 0.333. The Bertz CT molecular complexity index is 747. The maximum atomic E-state index is 12.9. The second kappa shape index (κ2) is 6.15. The van der Waals surface area contributed by atoms with Gasteiger partial charge in [0.1, 0.15) is 0 Å². The van der Waals surface area contributed by atoms with Gasteiger partial charge in [-0.05, 0) is 43.7 Å². The summed E-state index contributed by atoms with van der Waals surface area (Å²) in [4.78, 5) is 23.8. The van der Waals surface area contributed by atoms with E-state index in [-0.39, 0.29) is 11.3 Å². The Labute approximate surface area is 133 Å². The Morgan fingerprint density at radius 2 is 1.91 bits per heavy atom. The lowest BCUT2D eigenvalue weighted by Gasteiger charge is -2.24. The SMILES string of the molecule is C#CCCCC1(S(=O)(=O)c2ccc(C)cc2)SC(=O)NC1=O. The maximum Gasteiger partial charge on any atom is 0.287 e. The van der Waals surface area contributed by atoms with E-state index in [1.807, 2.05) is 6.92 Å². The minimum absolute atomic E-state index is 0.00432. The Morgan fingerprint density at radius 3 is 2.41 bits per heavy atom. The Kier molecular flexibility index (Phi) is 4.63. The van der Waals surface area contributed by atoms with Crippen LogP contribution in [0.2, 0.25) is 0 Å². The highest BCUT2D eigenvalue weighted by Gasteiger charge is 2.57. The average molecular weight is 337 g/mol. The van der Waals surface area contributed by atoms with Gasteiger partial charge in [0.25, 0.3) is 11.1 Å². The third-order valence-electron chi connectivity index (χ3n) is 3.41. The van der Waals surface area contributed by atoms with Gasteiger partial charge in [-0.25, -0.2) is 8.42 Å². The number of unbranched alkanes of at least 4 members (excludes halogenated alkanes) is 1. The standard InChI is InChI=1S/C15H15NO4S2/c1-3-4-5-10-15(13(17)16-14(18)21-15)22(19,20)12-8-6-11(2)7-9-12/h1,6-9H,4-5,10H2,2H3,(H,16,17,18).